The van der Waals surface area contributed by atoms with Crippen LogP contribution in [0.25, 0.3) is 32.1 Å². The quantitative estimate of drug-likeness (QED) is 0.185. The SMILES string of the molecule is CC(C)(C)OC(=O)Nc1sc2c(F)ccc(-c3c(Cl)cc4c(N5CCC[C@@](C)(O)C5)nc(OCC56CCCN5CC(=C(F)F)C6)nc4c3F)c2c1C#N. The number of ether oxygens (including phenoxy) is 2. The van der Waals surface area contributed by atoms with E-state index in [1.807, 2.05) is 15.9 Å². The number of halogens is 5. The number of carbonyl (C=O) groups is 1. The Morgan fingerprint density at radius 1 is 1.19 bits per heavy atom. The van der Waals surface area contributed by atoms with Crippen LogP contribution >= 0.6 is 22.9 Å². The number of aliphatic hydroxyl groups is 1. The van der Waals surface area contributed by atoms with Crippen LogP contribution in [0.4, 0.5) is 33.2 Å². The lowest BCUT2D eigenvalue weighted by molar-refractivity contribution is 0.0446. The molecule has 280 valence electrons. The average molecular weight is 773 g/mol. The summed E-state index contributed by atoms with van der Waals surface area (Å²) in [7, 11) is 0. The molecule has 0 aliphatic carbocycles. The average Bonchev–Trinajstić information content (AvgIpc) is 3.74. The Kier molecular flexibility index (Phi) is 9.50. The lowest BCUT2D eigenvalue weighted by Crippen LogP contribution is -2.46. The molecule has 3 fully saturated rings. The van der Waals surface area contributed by atoms with Crippen LogP contribution in [-0.2, 0) is 4.74 Å². The smallest absolute Gasteiger partial charge is 0.412 e. The van der Waals surface area contributed by atoms with Crippen LogP contribution in [0, 0.1) is 23.0 Å². The van der Waals surface area contributed by atoms with Gasteiger partial charge in [0.25, 0.3) is 6.08 Å². The molecule has 3 aliphatic rings. The topological polar surface area (TPSA) is 124 Å². The predicted octanol–water partition coefficient (Wildman–Crippen LogP) is 8.78. The molecule has 0 bridgehead atoms. The number of rotatable bonds is 6. The van der Waals surface area contributed by atoms with Crippen LogP contribution in [0.3, 0.4) is 0 Å². The summed E-state index contributed by atoms with van der Waals surface area (Å²) in [6.07, 6.45) is 0.175. The molecule has 53 heavy (non-hydrogen) atoms. The van der Waals surface area contributed by atoms with Gasteiger partial charge in [0.05, 0.1) is 26.4 Å². The van der Waals surface area contributed by atoms with Crippen LogP contribution in [0.2, 0.25) is 5.02 Å². The zero-order valence-electron chi connectivity index (χ0n) is 29.5. The van der Waals surface area contributed by atoms with Gasteiger partial charge in [0.2, 0.25) is 0 Å². The summed E-state index contributed by atoms with van der Waals surface area (Å²) < 4.78 is 71.4. The minimum absolute atomic E-state index is 0.00996. The van der Waals surface area contributed by atoms with Crippen molar-refractivity contribution in [3.05, 3.63) is 52.1 Å². The first kappa shape index (κ1) is 37.1. The first-order chi connectivity index (χ1) is 25.0. The van der Waals surface area contributed by atoms with E-state index in [9.17, 15) is 23.9 Å². The highest BCUT2D eigenvalue weighted by Gasteiger charge is 2.48. The molecule has 2 aromatic heterocycles. The third-order valence-electron chi connectivity index (χ3n) is 10.0. The van der Waals surface area contributed by atoms with Gasteiger partial charge in [-0.05, 0) is 84.0 Å². The molecule has 10 nitrogen and oxygen atoms in total. The number of fused-ring (bicyclic) bond motifs is 3. The fraction of sp³-hybridized carbons (Fsp3) is 0.459. The fourth-order valence-electron chi connectivity index (χ4n) is 7.75. The van der Waals surface area contributed by atoms with E-state index in [2.05, 4.69) is 15.3 Å². The van der Waals surface area contributed by atoms with E-state index >= 15 is 8.78 Å². The number of amides is 1. The maximum absolute atomic E-state index is 17.2. The molecule has 7 rings (SSSR count). The highest BCUT2D eigenvalue weighted by molar-refractivity contribution is 7.23. The maximum Gasteiger partial charge on any atom is 0.412 e. The van der Waals surface area contributed by atoms with Crippen molar-refractivity contribution in [3.63, 3.8) is 0 Å². The number of benzene rings is 2. The molecule has 4 aromatic rings. The Balaban J connectivity index is 1.37. The molecule has 3 saturated heterocycles. The number of thiophene rings is 1. The van der Waals surface area contributed by atoms with Crippen molar-refractivity contribution in [2.45, 2.75) is 76.5 Å². The number of nitrogens with zero attached hydrogens (tertiary/aromatic N) is 5. The van der Waals surface area contributed by atoms with E-state index in [1.165, 1.54) is 12.1 Å². The first-order valence-electron chi connectivity index (χ1n) is 17.2. The number of anilines is 2. The zero-order valence-corrected chi connectivity index (χ0v) is 31.1. The van der Waals surface area contributed by atoms with Gasteiger partial charge in [0.1, 0.15) is 40.4 Å². The van der Waals surface area contributed by atoms with Crippen molar-refractivity contribution < 1.29 is 36.9 Å². The van der Waals surface area contributed by atoms with Gasteiger partial charge in [-0.15, -0.1) is 11.3 Å². The Hall–Kier alpha value is -4.23. The second kappa shape index (κ2) is 13.6. The van der Waals surface area contributed by atoms with Gasteiger partial charge in [-0.25, -0.2) is 13.6 Å². The van der Waals surface area contributed by atoms with Crippen LogP contribution in [0.5, 0.6) is 6.01 Å². The maximum atomic E-state index is 17.2. The van der Waals surface area contributed by atoms with Crippen molar-refractivity contribution in [1.29, 1.82) is 5.26 Å². The van der Waals surface area contributed by atoms with Crippen molar-refractivity contribution in [2.24, 2.45) is 0 Å². The second-order valence-corrected chi connectivity index (χ2v) is 16.6. The number of hydrogen-bond donors (Lipinski definition) is 2. The van der Waals surface area contributed by atoms with Crippen molar-refractivity contribution in [1.82, 2.24) is 14.9 Å². The number of carbonyl (C=O) groups excluding carboxylic acids is 1. The molecular weight excluding hydrogens is 736 g/mol. The number of nitriles is 1. The van der Waals surface area contributed by atoms with Crippen molar-refractivity contribution in [2.75, 3.05) is 43.0 Å². The summed E-state index contributed by atoms with van der Waals surface area (Å²) in [4.78, 5) is 25.6. The minimum Gasteiger partial charge on any atom is -0.461 e. The Morgan fingerprint density at radius 2 is 1.94 bits per heavy atom. The zero-order chi connectivity index (χ0) is 38.0. The minimum atomic E-state index is -1.69. The van der Waals surface area contributed by atoms with Crippen molar-refractivity contribution in [3.8, 4) is 23.2 Å². The van der Waals surface area contributed by atoms with Gasteiger partial charge in [0, 0.05) is 41.5 Å². The first-order valence-corrected chi connectivity index (χ1v) is 18.4. The predicted molar refractivity (Wildman–Crippen MR) is 195 cm³/mol. The number of nitrogens with one attached hydrogen (secondary N) is 1. The molecule has 2 N–H and O–H groups in total. The number of β-amino-alcohol motifs (C(OH)–C–C–N with tert-alkyl or cyclic N) is 1. The van der Waals surface area contributed by atoms with Gasteiger partial charge < -0.3 is 19.5 Å². The van der Waals surface area contributed by atoms with E-state index in [-0.39, 0.29) is 91.2 Å². The number of aromatic nitrogens is 2. The second-order valence-electron chi connectivity index (χ2n) is 15.2. The largest absolute Gasteiger partial charge is 0.461 e. The van der Waals surface area contributed by atoms with Gasteiger partial charge >= 0.3 is 12.1 Å². The highest BCUT2D eigenvalue weighted by atomic mass is 35.5. The molecular formula is C37H37ClF4N6O4S. The highest BCUT2D eigenvalue weighted by Crippen LogP contribution is 2.47. The van der Waals surface area contributed by atoms with E-state index in [0.717, 1.165) is 23.8 Å². The normalized spacial score (nSPS) is 22.0. The standard InChI is InChI=1S/C37H37ClF4N6O4S/c1-35(2,3)52-34(49)46-32-22(15-43)25-20(7-8-24(39)29(25)53-32)26-23(38)13-21-28(27(26)40)44-33(45-31(21)47-11-5-9-36(4,50)17-47)51-18-37-10-6-12-48(37)16-19(14-37)30(41)42/h7-8,13,50H,5-6,9-12,14,16-18H2,1-4H3,(H,46,49)/t36-,37?/m1/s1. The molecule has 0 saturated carbocycles. The summed E-state index contributed by atoms with van der Waals surface area (Å²) in [6.45, 7) is 8.13. The summed E-state index contributed by atoms with van der Waals surface area (Å²) >= 11 is 7.67. The van der Waals surface area contributed by atoms with Gasteiger partial charge in [0.15, 0.2) is 5.82 Å². The third kappa shape index (κ3) is 6.98. The fourth-order valence-corrected chi connectivity index (χ4v) is 9.11. The third-order valence-corrected chi connectivity index (χ3v) is 11.4. The van der Waals surface area contributed by atoms with Gasteiger partial charge in [-0.1, -0.05) is 17.7 Å². The lowest BCUT2D eigenvalue weighted by atomic mass is 9.94. The van der Waals surface area contributed by atoms with E-state index in [0.29, 0.717) is 32.4 Å². The van der Waals surface area contributed by atoms with Crippen LogP contribution in [0.1, 0.15) is 65.4 Å². The van der Waals surface area contributed by atoms with Gasteiger partial charge in [-0.2, -0.15) is 24.0 Å². The van der Waals surface area contributed by atoms with Crippen LogP contribution in [-0.4, -0.2) is 75.6 Å². The van der Waals surface area contributed by atoms with E-state index < -0.39 is 40.5 Å². The van der Waals surface area contributed by atoms with E-state index in [4.69, 9.17) is 21.1 Å². The van der Waals surface area contributed by atoms with E-state index in [1.54, 1.807) is 27.7 Å². The van der Waals surface area contributed by atoms with Crippen LogP contribution in [0.15, 0.2) is 29.9 Å². The molecule has 2 atom stereocenters. The molecule has 16 heteroatoms. The number of hydrogen-bond acceptors (Lipinski definition) is 10. The molecule has 0 spiro atoms. The molecule has 0 radical (unpaired) electrons. The summed E-state index contributed by atoms with van der Waals surface area (Å²) in [6, 6.07) is 5.75. The molecule has 2 aromatic carbocycles. The molecule has 3 aliphatic heterocycles. The van der Waals surface area contributed by atoms with Crippen LogP contribution < -0.4 is 15.0 Å². The Labute approximate surface area is 311 Å². The monoisotopic (exact) mass is 772 g/mol. The summed E-state index contributed by atoms with van der Waals surface area (Å²) in [5.41, 5.74) is -2.93. The molecule has 5 heterocycles. The molecule has 1 unspecified atom stereocenters. The van der Waals surface area contributed by atoms with Gasteiger partial charge in [-0.3, -0.25) is 10.2 Å². The number of piperidine rings is 1. The lowest BCUT2D eigenvalue weighted by Gasteiger charge is -2.38. The summed E-state index contributed by atoms with van der Waals surface area (Å²) in [5, 5.41) is 23.9. The Morgan fingerprint density at radius 3 is 2.64 bits per heavy atom. The Bertz CT molecular complexity index is 2230. The van der Waals surface area contributed by atoms with Crippen molar-refractivity contribution >= 4 is 60.8 Å². The molecule has 1 amide bonds. The summed E-state index contributed by atoms with van der Waals surface area (Å²) in [5.74, 6) is -1.34.